The van der Waals surface area contributed by atoms with Gasteiger partial charge in [0.1, 0.15) is 12.3 Å². The standard InChI is InChI=1S/C31H25N3O3/c1-37-22-13-9-10-20(18-22)29-28(25-16-7-8-17-26(25)33-29)30-23-14-5-6-15-24(23)31(36)34(30)19-27(35)32-21-11-3-2-4-12-21/h2-18,30,33H,19H2,1H3,(H,32,35)/t30-/m1/s1. The van der Waals surface area contributed by atoms with Gasteiger partial charge in [-0.25, -0.2) is 0 Å². The van der Waals surface area contributed by atoms with Gasteiger partial charge in [-0.3, -0.25) is 9.59 Å². The van der Waals surface area contributed by atoms with Crippen LogP contribution >= 0.6 is 0 Å². The average molecular weight is 488 g/mol. The van der Waals surface area contributed by atoms with Gasteiger partial charge in [-0.15, -0.1) is 0 Å². The van der Waals surface area contributed by atoms with E-state index in [-0.39, 0.29) is 18.4 Å². The third-order valence-electron chi connectivity index (χ3n) is 6.81. The van der Waals surface area contributed by atoms with Crippen LogP contribution in [0, 0.1) is 0 Å². The minimum Gasteiger partial charge on any atom is -0.497 e. The molecule has 2 heterocycles. The highest BCUT2D eigenvalue weighted by Gasteiger charge is 2.41. The number of H-pyrrole nitrogens is 1. The van der Waals surface area contributed by atoms with Gasteiger partial charge >= 0.3 is 0 Å². The van der Waals surface area contributed by atoms with E-state index < -0.39 is 6.04 Å². The molecule has 4 aromatic carbocycles. The molecule has 5 aromatic rings. The zero-order valence-electron chi connectivity index (χ0n) is 20.3. The summed E-state index contributed by atoms with van der Waals surface area (Å²) in [5.41, 5.74) is 5.93. The fraction of sp³-hybridized carbons (Fsp3) is 0.0968. The second-order valence-electron chi connectivity index (χ2n) is 9.03. The lowest BCUT2D eigenvalue weighted by atomic mass is 9.93. The van der Waals surface area contributed by atoms with Crippen molar-refractivity contribution in [3.05, 3.63) is 120 Å². The van der Waals surface area contributed by atoms with Crippen LogP contribution in [0.2, 0.25) is 0 Å². The van der Waals surface area contributed by atoms with E-state index in [9.17, 15) is 9.59 Å². The van der Waals surface area contributed by atoms with Crippen molar-refractivity contribution in [1.29, 1.82) is 0 Å². The number of rotatable bonds is 6. The Morgan fingerprint density at radius 2 is 1.68 bits per heavy atom. The zero-order valence-corrected chi connectivity index (χ0v) is 20.3. The molecule has 2 amide bonds. The monoisotopic (exact) mass is 487 g/mol. The van der Waals surface area contributed by atoms with Crippen molar-refractivity contribution in [2.75, 3.05) is 19.0 Å². The predicted octanol–water partition coefficient (Wildman–Crippen LogP) is 6.03. The van der Waals surface area contributed by atoms with Crippen LogP contribution in [0.25, 0.3) is 22.2 Å². The van der Waals surface area contributed by atoms with Crippen LogP contribution in [0.5, 0.6) is 5.75 Å². The van der Waals surface area contributed by atoms with Gasteiger partial charge < -0.3 is 19.9 Å². The summed E-state index contributed by atoms with van der Waals surface area (Å²) in [6.07, 6.45) is 0. The highest BCUT2D eigenvalue weighted by molar-refractivity contribution is 6.05. The van der Waals surface area contributed by atoms with E-state index in [1.165, 1.54) is 0 Å². The van der Waals surface area contributed by atoms with Crippen LogP contribution in [-0.2, 0) is 4.79 Å². The molecule has 1 aliphatic rings. The van der Waals surface area contributed by atoms with Gasteiger partial charge in [0.15, 0.2) is 0 Å². The van der Waals surface area contributed by atoms with Crippen molar-refractivity contribution in [3.8, 4) is 17.0 Å². The molecule has 0 saturated heterocycles. The van der Waals surface area contributed by atoms with Gasteiger partial charge in [0.25, 0.3) is 5.91 Å². The highest BCUT2D eigenvalue weighted by atomic mass is 16.5. The first-order valence-electron chi connectivity index (χ1n) is 12.1. The van der Waals surface area contributed by atoms with Gasteiger partial charge in [0.2, 0.25) is 5.91 Å². The molecule has 1 aromatic heterocycles. The van der Waals surface area contributed by atoms with Crippen LogP contribution < -0.4 is 10.1 Å². The predicted molar refractivity (Wildman–Crippen MR) is 145 cm³/mol. The van der Waals surface area contributed by atoms with E-state index in [0.29, 0.717) is 11.3 Å². The molecule has 0 aliphatic carbocycles. The molecule has 2 N–H and O–H groups in total. The topological polar surface area (TPSA) is 74.4 Å². The molecule has 1 aliphatic heterocycles. The summed E-state index contributed by atoms with van der Waals surface area (Å²) in [5, 5.41) is 3.93. The first kappa shape index (κ1) is 22.6. The summed E-state index contributed by atoms with van der Waals surface area (Å²) in [7, 11) is 1.64. The number of carbonyl (C=O) groups excluding carboxylic acids is 2. The van der Waals surface area contributed by atoms with Gasteiger partial charge in [0.05, 0.1) is 18.8 Å². The van der Waals surface area contributed by atoms with E-state index >= 15 is 0 Å². The van der Waals surface area contributed by atoms with Crippen LogP contribution in [0.4, 0.5) is 5.69 Å². The summed E-state index contributed by atoms with van der Waals surface area (Å²) in [4.78, 5) is 32.1. The maximum atomic E-state index is 13.7. The Kier molecular flexibility index (Phi) is 5.69. The van der Waals surface area contributed by atoms with Crippen molar-refractivity contribution in [3.63, 3.8) is 0 Å². The van der Waals surface area contributed by atoms with E-state index in [1.807, 2.05) is 97.1 Å². The zero-order chi connectivity index (χ0) is 25.4. The number of benzene rings is 4. The van der Waals surface area contributed by atoms with E-state index in [4.69, 9.17) is 4.74 Å². The molecule has 0 bridgehead atoms. The van der Waals surface area contributed by atoms with Gasteiger partial charge in [-0.2, -0.15) is 0 Å². The van der Waals surface area contributed by atoms with Gasteiger partial charge in [-0.1, -0.05) is 66.7 Å². The number of hydrogen-bond acceptors (Lipinski definition) is 3. The van der Waals surface area contributed by atoms with Crippen molar-refractivity contribution in [2.24, 2.45) is 0 Å². The maximum Gasteiger partial charge on any atom is 0.255 e. The summed E-state index contributed by atoms with van der Waals surface area (Å²) in [6, 6.07) is 32.3. The Hall–Kier alpha value is -4.84. The molecule has 0 spiro atoms. The lowest BCUT2D eigenvalue weighted by molar-refractivity contribution is -0.117. The highest BCUT2D eigenvalue weighted by Crippen LogP contribution is 2.45. The average Bonchev–Trinajstić information content (AvgIpc) is 3.44. The van der Waals surface area contributed by atoms with Crippen LogP contribution in [0.1, 0.15) is 27.5 Å². The molecule has 0 unspecified atom stereocenters. The van der Waals surface area contributed by atoms with E-state index in [0.717, 1.165) is 39.0 Å². The Balaban J connectivity index is 1.50. The molecule has 6 heteroatoms. The lowest BCUT2D eigenvalue weighted by Gasteiger charge is -2.26. The number of ether oxygens (including phenoxy) is 1. The smallest absolute Gasteiger partial charge is 0.255 e. The third kappa shape index (κ3) is 4.02. The minimum atomic E-state index is -0.442. The molecule has 0 saturated carbocycles. The van der Waals surface area contributed by atoms with Crippen molar-refractivity contribution in [1.82, 2.24) is 9.88 Å². The molecule has 6 rings (SSSR count). The number of methoxy groups -OCH3 is 1. The lowest BCUT2D eigenvalue weighted by Crippen LogP contribution is -2.36. The number of aromatic amines is 1. The number of aromatic nitrogens is 1. The Morgan fingerprint density at radius 3 is 2.51 bits per heavy atom. The summed E-state index contributed by atoms with van der Waals surface area (Å²) < 4.78 is 5.49. The molecule has 6 nitrogen and oxygen atoms in total. The molecule has 182 valence electrons. The van der Waals surface area contributed by atoms with Crippen LogP contribution in [0.3, 0.4) is 0 Å². The van der Waals surface area contributed by atoms with Crippen LogP contribution in [0.15, 0.2) is 103 Å². The number of anilines is 1. The largest absolute Gasteiger partial charge is 0.497 e. The molecule has 1 atom stereocenters. The van der Waals surface area contributed by atoms with Crippen LogP contribution in [-0.4, -0.2) is 35.4 Å². The van der Waals surface area contributed by atoms with E-state index in [1.54, 1.807) is 12.0 Å². The number of amides is 2. The fourth-order valence-electron chi connectivity index (χ4n) is 5.18. The van der Waals surface area contributed by atoms with Gasteiger partial charge in [-0.05, 0) is 42.0 Å². The minimum absolute atomic E-state index is 0.0792. The fourth-order valence-corrected chi connectivity index (χ4v) is 5.18. The number of carbonyl (C=O) groups is 2. The molecular weight excluding hydrogens is 462 g/mol. The van der Waals surface area contributed by atoms with Gasteiger partial charge in [0, 0.05) is 33.3 Å². The number of nitrogens with one attached hydrogen (secondary N) is 2. The van der Waals surface area contributed by atoms with Crippen molar-refractivity contribution >= 4 is 28.4 Å². The molecule has 0 radical (unpaired) electrons. The third-order valence-corrected chi connectivity index (χ3v) is 6.81. The molecule has 0 fully saturated rings. The quantitative estimate of drug-likeness (QED) is 0.307. The Labute approximate surface area is 214 Å². The Morgan fingerprint density at radius 1 is 0.919 bits per heavy atom. The first-order chi connectivity index (χ1) is 18.1. The SMILES string of the molecule is COc1cccc(-c2[nH]c3ccccc3c2[C@H]2c3ccccc3C(=O)N2CC(=O)Nc2ccccc2)c1. The second kappa shape index (κ2) is 9.32. The molecule has 37 heavy (non-hydrogen) atoms. The summed E-state index contributed by atoms with van der Waals surface area (Å²) in [5.74, 6) is 0.329. The Bertz CT molecular complexity index is 1620. The number of hydrogen-bond donors (Lipinski definition) is 2. The normalized spacial score (nSPS) is 14.6. The number of fused-ring (bicyclic) bond motifs is 2. The van der Waals surface area contributed by atoms with Crippen molar-refractivity contribution in [2.45, 2.75) is 6.04 Å². The second-order valence-corrected chi connectivity index (χ2v) is 9.03. The summed E-state index contributed by atoms with van der Waals surface area (Å²) in [6.45, 7) is -0.0792. The number of nitrogens with zero attached hydrogens (tertiary/aromatic N) is 1. The van der Waals surface area contributed by atoms with E-state index in [2.05, 4.69) is 16.4 Å². The summed E-state index contributed by atoms with van der Waals surface area (Å²) >= 11 is 0. The first-order valence-corrected chi connectivity index (χ1v) is 12.1. The molecular formula is C31H25N3O3. The maximum absolute atomic E-state index is 13.7. The van der Waals surface area contributed by atoms with Crippen molar-refractivity contribution < 1.29 is 14.3 Å². The number of para-hydroxylation sites is 2.